The Morgan fingerprint density at radius 3 is 2.20 bits per heavy atom. The Bertz CT molecular complexity index is 443. The highest BCUT2D eigenvalue weighted by molar-refractivity contribution is 5.97. The van der Waals surface area contributed by atoms with Crippen molar-refractivity contribution in [1.82, 2.24) is 4.90 Å². The lowest BCUT2D eigenvalue weighted by atomic mass is 9.98. The first-order valence-electron chi connectivity index (χ1n) is 7.44. The average molecular weight is 276 g/mol. The molecule has 1 rings (SSSR count). The minimum Gasteiger partial charge on any atom is -0.338 e. The van der Waals surface area contributed by atoms with Gasteiger partial charge in [-0.2, -0.15) is 0 Å². The SMILES string of the molecule is Cc1cc(C)c(C(=O)N(CCCN)CC(C)C)c(C)c1. The van der Waals surface area contributed by atoms with Gasteiger partial charge in [0, 0.05) is 18.7 Å². The molecule has 0 radical (unpaired) electrons. The Labute approximate surface area is 123 Å². The molecule has 3 nitrogen and oxygen atoms in total. The van der Waals surface area contributed by atoms with Crippen molar-refractivity contribution in [3.8, 4) is 0 Å². The van der Waals surface area contributed by atoms with Gasteiger partial charge in [-0.1, -0.05) is 31.5 Å². The number of carbonyl (C=O) groups is 1. The molecular weight excluding hydrogens is 248 g/mol. The van der Waals surface area contributed by atoms with Gasteiger partial charge in [-0.15, -0.1) is 0 Å². The Kier molecular flexibility index (Phi) is 6.21. The van der Waals surface area contributed by atoms with Gasteiger partial charge in [-0.25, -0.2) is 0 Å². The molecule has 112 valence electrons. The van der Waals surface area contributed by atoms with Gasteiger partial charge in [0.2, 0.25) is 0 Å². The molecule has 0 bridgehead atoms. The molecule has 3 heteroatoms. The molecule has 0 fully saturated rings. The van der Waals surface area contributed by atoms with Crippen molar-refractivity contribution >= 4 is 5.91 Å². The first-order chi connectivity index (χ1) is 9.36. The van der Waals surface area contributed by atoms with Crippen molar-refractivity contribution in [1.29, 1.82) is 0 Å². The first-order valence-corrected chi connectivity index (χ1v) is 7.44. The number of nitrogens with two attached hydrogens (primary N) is 1. The molecular formula is C17H28N2O. The zero-order valence-electron chi connectivity index (χ0n) is 13.5. The second-order valence-corrected chi connectivity index (χ2v) is 6.06. The molecule has 0 aromatic heterocycles. The summed E-state index contributed by atoms with van der Waals surface area (Å²) in [6.45, 7) is 12.5. The van der Waals surface area contributed by atoms with Crippen LogP contribution in [0.1, 0.15) is 47.3 Å². The summed E-state index contributed by atoms with van der Waals surface area (Å²) in [6, 6.07) is 4.16. The Morgan fingerprint density at radius 2 is 1.75 bits per heavy atom. The van der Waals surface area contributed by atoms with E-state index in [9.17, 15) is 4.79 Å². The Hall–Kier alpha value is -1.35. The molecule has 0 unspecified atom stereocenters. The number of amides is 1. The number of hydrogen-bond acceptors (Lipinski definition) is 2. The molecule has 0 aliphatic heterocycles. The molecule has 0 aliphatic carbocycles. The standard InChI is InChI=1S/C17H28N2O/c1-12(2)11-19(8-6-7-18)17(20)16-14(4)9-13(3)10-15(16)5/h9-10,12H,6-8,11,18H2,1-5H3. The van der Waals surface area contributed by atoms with Crippen molar-refractivity contribution in [2.75, 3.05) is 19.6 Å². The summed E-state index contributed by atoms with van der Waals surface area (Å²) in [6.07, 6.45) is 0.850. The summed E-state index contributed by atoms with van der Waals surface area (Å²) in [4.78, 5) is 14.8. The lowest BCUT2D eigenvalue weighted by Crippen LogP contribution is -2.36. The highest BCUT2D eigenvalue weighted by Gasteiger charge is 2.20. The smallest absolute Gasteiger partial charge is 0.254 e. The number of aryl methyl sites for hydroxylation is 3. The normalized spacial score (nSPS) is 10.9. The summed E-state index contributed by atoms with van der Waals surface area (Å²) in [7, 11) is 0. The third-order valence-corrected chi connectivity index (χ3v) is 3.40. The first kappa shape index (κ1) is 16.7. The Morgan fingerprint density at radius 1 is 1.20 bits per heavy atom. The van der Waals surface area contributed by atoms with E-state index in [0.717, 1.165) is 36.2 Å². The highest BCUT2D eigenvalue weighted by Crippen LogP contribution is 2.19. The minimum absolute atomic E-state index is 0.141. The van der Waals surface area contributed by atoms with Crippen molar-refractivity contribution in [3.05, 3.63) is 34.4 Å². The molecule has 20 heavy (non-hydrogen) atoms. The van der Waals surface area contributed by atoms with E-state index in [1.165, 1.54) is 5.56 Å². The van der Waals surface area contributed by atoms with E-state index in [0.29, 0.717) is 12.5 Å². The quantitative estimate of drug-likeness (QED) is 0.868. The zero-order chi connectivity index (χ0) is 15.3. The Balaban J connectivity index is 3.05. The molecule has 0 saturated carbocycles. The fraction of sp³-hybridized carbons (Fsp3) is 0.588. The van der Waals surface area contributed by atoms with E-state index in [4.69, 9.17) is 5.73 Å². The largest absolute Gasteiger partial charge is 0.338 e. The van der Waals surface area contributed by atoms with Crippen molar-refractivity contribution in [2.24, 2.45) is 11.7 Å². The fourth-order valence-corrected chi connectivity index (χ4v) is 2.67. The van der Waals surface area contributed by atoms with E-state index in [1.807, 2.05) is 18.7 Å². The monoisotopic (exact) mass is 276 g/mol. The van der Waals surface area contributed by atoms with Gasteiger partial charge >= 0.3 is 0 Å². The molecule has 0 spiro atoms. The molecule has 0 atom stereocenters. The van der Waals surface area contributed by atoms with Gasteiger partial charge in [0.1, 0.15) is 0 Å². The van der Waals surface area contributed by atoms with Gasteiger partial charge < -0.3 is 10.6 Å². The van der Waals surface area contributed by atoms with Gasteiger partial charge in [-0.3, -0.25) is 4.79 Å². The van der Waals surface area contributed by atoms with Crippen LogP contribution in [-0.4, -0.2) is 30.4 Å². The van der Waals surface area contributed by atoms with Crippen molar-refractivity contribution < 1.29 is 4.79 Å². The maximum Gasteiger partial charge on any atom is 0.254 e. The van der Waals surface area contributed by atoms with Gasteiger partial charge in [-0.05, 0) is 50.8 Å². The van der Waals surface area contributed by atoms with Crippen LogP contribution in [0.15, 0.2) is 12.1 Å². The van der Waals surface area contributed by atoms with Crippen LogP contribution in [0, 0.1) is 26.7 Å². The van der Waals surface area contributed by atoms with Gasteiger partial charge in [0.15, 0.2) is 0 Å². The van der Waals surface area contributed by atoms with Crippen LogP contribution in [0.5, 0.6) is 0 Å². The molecule has 1 aromatic rings. The van der Waals surface area contributed by atoms with Crippen LogP contribution in [0.25, 0.3) is 0 Å². The van der Waals surface area contributed by atoms with Crippen LogP contribution in [0.4, 0.5) is 0 Å². The number of nitrogens with zero attached hydrogens (tertiary/aromatic N) is 1. The van der Waals surface area contributed by atoms with Crippen LogP contribution < -0.4 is 5.73 Å². The molecule has 2 N–H and O–H groups in total. The van der Waals surface area contributed by atoms with Gasteiger partial charge in [0.25, 0.3) is 5.91 Å². The maximum atomic E-state index is 12.8. The van der Waals surface area contributed by atoms with E-state index < -0.39 is 0 Å². The third-order valence-electron chi connectivity index (χ3n) is 3.40. The molecule has 1 amide bonds. The molecule has 0 aliphatic rings. The molecule has 1 aromatic carbocycles. The van der Waals surface area contributed by atoms with Crippen molar-refractivity contribution in [3.63, 3.8) is 0 Å². The van der Waals surface area contributed by atoms with Crippen LogP contribution in [0.2, 0.25) is 0 Å². The summed E-state index contributed by atoms with van der Waals surface area (Å²) in [5, 5.41) is 0. The average Bonchev–Trinajstić information content (AvgIpc) is 2.32. The number of carbonyl (C=O) groups excluding carboxylic acids is 1. The predicted molar refractivity (Wildman–Crippen MR) is 85.1 cm³/mol. The summed E-state index contributed by atoms with van der Waals surface area (Å²) >= 11 is 0. The lowest BCUT2D eigenvalue weighted by molar-refractivity contribution is 0.0733. The van der Waals surface area contributed by atoms with Crippen molar-refractivity contribution in [2.45, 2.75) is 41.0 Å². The maximum absolute atomic E-state index is 12.8. The third kappa shape index (κ3) is 4.34. The van der Waals surface area contributed by atoms with E-state index >= 15 is 0 Å². The van der Waals surface area contributed by atoms with Gasteiger partial charge in [0.05, 0.1) is 0 Å². The van der Waals surface area contributed by atoms with E-state index in [-0.39, 0.29) is 5.91 Å². The summed E-state index contributed by atoms with van der Waals surface area (Å²) in [5.41, 5.74) is 9.77. The number of benzene rings is 1. The molecule has 0 saturated heterocycles. The minimum atomic E-state index is 0.141. The number of hydrogen-bond donors (Lipinski definition) is 1. The number of rotatable bonds is 6. The summed E-state index contributed by atoms with van der Waals surface area (Å²) in [5.74, 6) is 0.602. The fourth-order valence-electron chi connectivity index (χ4n) is 2.67. The second kappa shape index (κ2) is 7.44. The van der Waals surface area contributed by atoms with E-state index in [1.54, 1.807) is 0 Å². The lowest BCUT2D eigenvalue weighted by Gasteiger charge is -2.26. The van der Waals surface area contributed by atoms with Crippen LogP contribution in [0.3, 0.4) is 0 Å². The highest BCUT2D eigenvalue weighted by atomic mass is 16.2. The summed E-state index contributed by atoms with van der Waals surface area (Å²) < 4.78 is 0. The van der Waals surface area contributed by atoms with Crippen LogP contribution >= 0.6 is 0 Å². The second-order valence-electron chi connectivity index (χ2n) is 6.06. The predicted octanol–water partition coefficient (Wildman–Crippen LogP) is 3.06. The van der Waals surface area contributed by atoms with Crippen LogP contribution in [-0.2, 0) is 0 Å². The van der Waals surface area contributed by atoms with E-state index in [2.05, 4.69) is 32.9 Å². The molecule has 0 heterocycles. The topological polar surface area (TPSA) is 46.3 Å². The zero-order valence-corrected chi connectivity index (χ0v) is 13.5.